The SMILES string of the molecule is COc1ccc(OC)c(NC(=O)c2cc(C)nc(NCC(C)C)n2)c1. The molecular weight excluding hydrogens is 320 g/mol. The molecule has 25 heavy (non-hydrogen) atoms. The van der Waals surface area contributed by atoms with Crippen LogP contribution in [0.4, 0.5) is 11.6 Å². The fraction of sp³-hybridized carbons (Fsp3) is 0.389. The second kappa shape index (κ2) is 8.32. The summed E-state index contributed by atoms with van der Waals surface area (Å²) in [6, 6.07) is 6.83. The van der Waals surface area contributed by atoms with Gasteiger partial charge in [0.25, 0.3) is 5.91 Å². The molecule has 0 saturated carbocycles. The number of methoxy groups -OCH3 is 2. The number of hydrogen-bond donors (Lipinski definition) is 2. The van der Waals surface area contributed by atoms with Crippen LogP contribution in [0, 0.1) is 12.8 Å². The van der Waals surface area contributed by atoms with Gasteiger partial charge in [-0.05, 0) is 31.0 Å². The standard InChI is InChI=1S/C18H24N4O3/c1-11(2)10-19-18-20-12(3)8-15(22-18)17(23)21-14-9-13(24-4)6-7-16(14)25-5/h6-9,11H,10H2,1-5H3,(H,21,23)(H,19,20,22). The zero-order valence-electron chi connectivity index (χ0n) is 15.2. The number of carbonyl (C=O) groups excluding carboxylic acids is 1. The van der Waals surface area contributed by atoms with E-state index in [1.807, 2.05) is 6.92 Å². The molecule has 0 aliphatic heterocycles. The Bertz CT molecular complexity index is 747. The van der Waals surface area contributed by atoms with Crippen molar-refractivity contribution in [2.45, 2.75) is 20.8 Å². The average Bonchev–Trinajstić information content (AvgIpc) is 2.59. The molecule has 0 unspecified atom stereocenters. The highest BCUT2D eigenvalue weighted by Crippen LogP contribution is 2.29. The van der Waals surface area contributed by atoms with Crippen LogP contribution in [0.25, 0.3) is 0 Å². The number of amides is 1. The summed E-state index contributed by atoms with van der Waals surface area (Å²) in [6.45, 7) is 6.73. The third-order valence-electron chi connectivity index (χ3n) is 3.41. The Kier molecular flexibility index (Phi) is 6.16. The molecule has 0 spiro atoms. The quantitative estimate of drug-likeness (QED) is 0.803. The molecule has 1 heterocycles. The van der Waals surface area contributed by atoms with E-state index in [-0.39, 0.29) is 11.6 Å². The van der Waals surface area contributed by atoms with Crippen molar-refractivity contribution >= 4 is 17.5 Å². The van der Waals surface area contributed by atoms with Crippen LogP contribution in [0.1, 0.15) is 30.0 Å². The maximum Gasteiger partial charge on any atom is 0.274 e. The fourth-order valence-electron chi connectivity index (χ4n) is 2.16. The Morgan fingerprint density at radius 2 is 1.92 bits per heavy atom. The predicted octanol–water partition coefficient (Wildman–Crippen LogP) is 3.12. The van der Waals surface area contributed by atoms with E-state index in [9.17, 15) is 4.79 Å². The smallest absolute Gasteiger partial charge is 0.274 e. The molecule has 0 fully saturated rings. The predicted molar refractivity (Wildman–Crippen MR) is 97.6 cm³/mol. The maximum atomic E-state index is 12.6. The van der Waals surface area contributed by atoms with Crippen molar-refractivity contribution in [2.75, 3.05) is 31.4 Å². The summed E-state index contributed by atoms with van der Waals surface area (Å²) in [6.07, 6.45) is 0. The van der Waals surface area contributed by atoms with Gasteiger partial charge in [-0.2, -0.15) is 0 Å². The third kappa shape index (κ3) is 5.07. The zero-order chi connectivity index (χ0) is 18.4. The Morgan fingerprint density at radius 3 is 2.56 bits per heavy atom. The van der Waals surface area contributed by atoms with Crippen molar-refractivity contribution in [3.63, 3.8) is 0 Å². The van der Waals surface area contributed by atoms with Crippen LogP contribution >= 0.6 is 0 Å². The number of rotatable bonds is 7. The lowest BCUT2D eigenvalue weighted by Gasteiger charge is -2.13. The van der Waals surface area contributed by atoms with Gasteiger partial charge in [0, 0.05) is 18.3 Å². The van der Waals surface area contributed by atoms with Gasteiger partial charge < -0.3 is 20.1 Å². The molecule has 134 valence electrons. The summed E-state index contributed by atoms with van der Waals surface area (Å²) in [7, 11) is 3.11. The van der Waals surface area contributed by atoms with Gasteiger partial charge in [0.1, 0.15) is 17.2 Å². The molecule has 0 atom stereocenters. The van der Waals surface area contributed by atoms with Crippen LogP contribution in [0.5, 0.6) is 11.5 Å². The average molecular weight is 344 g/mol. The van der Waals surface area contributed by atoms with Crippen LogP contribution in [-0.4, -0.2) is 36.6 Å². The summed E-state index contributed by atoms with van der Waals surface area (Å²) in [5.41, 5.74) is 1.51. The summed E-state index contributed by atoms with van der Waals surface area (Å²) in [4.78, 5) is 21.2. The van der Waals surface area contributed by atoms with Gasteiger partial charge in [-0.3, -0.25) is 4.79 Å². The van der Waals surface area contributed by atoms with E-state index in [1.54, 1.807) is 38.5 Å². The lowest BCUT2D eigenvalue weighted by atomic mass is 10.2. The first-order valence-corrected chi connectivity index (χ1v) is 8.06. The van der Waals surface area contributed by atoms with Crippen LogP contribution < -0.4 is 20.1 Å². The highest BCUT2D eigenvalue weighted by Gasteiger charge is 2.14. The molecule has 0 bridgehead atoms. The van der Waals surface area contributed by atoms with Crippen LogP contribution in [0.3, 0.4) is 0 Å². The number of anilines is 2. The molecule has 0 saturated heterocycles. The van der Waals surface area contributed by atoms with Crippen molar-refractivity contribution in [1.29, 1.82) is 0 Å². The number of benzene rings is 1. The molecule has 2 aromatic rings. The van der Waals surface area contributed by atoms with E-state index in [1.165, 1.54) is 0 Å². The van der Waals surface area contributed by atoms with E-state index in [0.717, 1.165) is 6.54 Å². The van der Waals surface area contributed by atoms with Gasteiger partial charge >= 0.3 is 0 Å². The number of hydrogen-bond acceptors (Lipinski definition) is 6. The first-order valence-electron chi connectivity index (χ1n) is 8.06. The second-order valence-corrected chi connectivity index (χ2v) is 6.01. The largest absolute Gasteiger partial charge is 0.497 e. The molecule has 0 radical (unpaired) electrons. The van der Waals surface area contributed by atoms with Crippen molar-refractivity contribution < 1.29 is 14.3 Å². The number of carbonyl (C=O) groups is 1. The summed E-state index contributed by atoms with van der Waals surface area (Å²) < 4.78 is 10.5. The van der Waals surface area contributed by atoms with E-state index in [0.29, 0.717) is 34.7 Å². The van der Waals surface area contributed by atoms with Gasteiger partial charge in [-0.25, -0.2) is 9.97 Å². The molecule has 0 aliphatic rings. The van der Waals surface area contributed by atoms with E-state index < -0.39 is 0 Å². The van der Waals surface area contributed by atoms with Crippen molar-refractivity contribution in [2.24, 2.45) is 5.92 Å². The van der Waals surface area contributed by atoms with Gasteiger partial charge in [0.15, 0.2) is 0 Å². The first kappa shape index (κ1) is 18.5. The summed E-state index contributed by atoms with van der Waals surface area (Å²) in [5.74, 6) is 1.70. The number of nitrogens with one attached hydrogen (secondary N) is 2. The van der Waals surface area contributed by atoms with Crippen molar-refractivity contribution in [3.05, 3.63) is 35.7 Å². The Morgan fingerprint density at radius 1 is 1.16 bits per heavy atom. The molecule has 7 heteroatoms. The number of nitrogens with zero attached hydrogens (tertiary/aromatic N) is 2. The van der Waals surface area contributed by atoms with Gasteiger partial charge in [-0.1, -0.05) is 13.8 Å². The summed E-state index contributed by atoms with van der Waals surface area (Å²) in [5, 5.41) is 5.95. The van der Waals surface area contributed by atoms with Gasteiger partial charge in [0.05, 0.1) is 19.9 Å². The maximum absolute atomic E-state index is 12.6. The lowest BCUT2D eigenvalue weighted by molar-refractivity contribution is 0.102. The van der Waals surface area contributed by atoms with E-state index in [4.69, 9.17) is 9.47 Å². The minimum Gasteiger partial charge on any atom is -0.497 e. The molecule has 1 amide bonds. The first-order chi connectivity index (χ1) is 11.9. The molecule has 7 nitrogen and oxygen atoms in total. The molecule has 1 aromatic carbocycles. The minimum atomic E-state index is -0.343. The van der Waals surface area contributed by atoms with Crippen LogP contribution in [0.15, 0.2) is 24.3 Å². The minimum absolute atomic E-state index is 0.281. The fourth-order valence-corrected chi connectivity index (χ4v) is 2.16. The van der Waals surface area contributed by atoms with Gasteiger partial charge in [0.2, 0.25) is 5.95 Å². The van der Waals surface area contributed by atoms with Crippen LogP contribution in [-0.2, 0) is 0 Å². The molecule has 0 aliphatic carbocycles. The third-order valence-corrected chi connectivity index (χ3v) is 3.41. The molecule has 2 rings (SSSR count). The van der Waals surface area contributed by atoms with Crippen LogP contribution in [0.2, 0.25) is 0 Å². The summed E-state index contributed by atoms with van der Waals surface area (Å²) >= 11 is 0. The van der Waals surface area contributed by atoms with Crippen molar-refractivity contribution in [1.82, 2.24) is 9.97 Å². The monoisotopic (exact) mass is 344 g/mol. The molecule has 1 aromatic heterocycles. The number of aromatic nitrogens is 2. The Balaban J connectivity index is 2.23. The Labute approximate surface area is 147 Å². The highest BCUT2D eigenvalue weighted by molar-refractivity contribution is 6.04. The highest BCUT2D eigenvalue weighted by atomic mass is 16.5. The molecule has 2 N–H and O–H groups in total. The normalized spacial score (nSPS) is 10.5. The van der Waals surface area contributed by atoms with E-state index >= 15 is 0 Å². The number of ether oxygens (including phenoxy) is 2. The number of aryl methyl sites for hydroxylation is 1. The van der Waals surface area contributed by atoms with Crippen molar-refractivity contribution in [3.8, 4) is 11.5 Å². The van der Waals surface area contributed by atoms with Gasteiger partial charge in [-0.15, -0.1) is 0 Å². The molecular formula is C18H24N4O3. The lowest BCUT2D eigenvalue weighted by Crippen LogP contribution is -2.18. The second-order valence-electron chi connectivity index (χ2n) is 6.01. The van der Waals surface area contributed by atoms with E-state index in [2.05, 4.69) is 34.4 Å². The zero-order valence-corrected chi connectivity index (χ0v) is 15.2. The Hall–Kier alpha value is -2.83. The topological polar surface area (TPSA) is 85.4 Å².